The maximum absolute atomic E-state index is 13.1. The van der Waals surface area contributed by atoms with E-state index in [4.69, 9.17) is 29.9 Å². The summed E-state index contributed by atoms with van der Waals surface area (Å²) < 4.78 is 18.1. The molecule has 3 heterocycles. The minimum absolute atomic E-state index is 0.207. The molecule has 1 amide bonds. The van der Waals surface area contributed by atoms with E-state index in [1.807, 2.05) is 54.0 Å². The molecule has 0 atom stereocenters. The largest absolute Gasteiger partial charge is 0.454 e. The number of hydrogen-bond donors (Lipinski definition) is 2. The molecule has 0 bridgehead atoms. The maximum atomic E-state index is 13.1. The normalized spacial score (nSPS) is 12.5. The first-order valence-corrected chi connectivity index (χ1v) is 10.9. The minimum atomic E-state index is -0.275. The number of nitrogens with two attached hydrogens (primary N) is 1. The van der Waals surface area contributed by atoms with E-state index in [0.29, 0.717) is 72.3 Å². The van der Waals surface area contributed by atoms with E-state index < -0.39 is 0 Å². The monoisotopic (exact) mass is 447 g/mol. The molecule has 9 heteroatoms. The summed E-state index contributed by atoms with van der Waals surface area (Å²) in [6.45, 7) is 4.27. The minimum Gasteiger partial charge on any atom is -0.454 e. The quantitative estimate of drug-likeness (QED) is 0.399. The number of benzene rings is 2. The maximum Gasteiger partial charge on any atom is 0.257 e. The average Bonchev–Trinajstić information content (AvgIpc) is 3.39. The van der Waals surface area contributed by atoms with Crippen LogP contribution in [0.3, 0.4) is 0 Å². The molecule has 3 N–H and O–H groups in total. The zero-order valence-corrected chi connectivity index (χ0v) is 18.3. The molecule has 170 valence electrons. The summed E-state index contributed by atoms with van der Waals surface area (Å²) in [5, 5.41) is 2.93. The molecule has 0 saturated heterocycles. The van der Waals surface area contributed by atoms with Gasteiger partial charge in [-0.2, -0.15) is 0 Å². The number of carbonyl (C=O) groups is 1. The van der Waals surface area contributed by atoms with E-state index in [1.165, 1.54) is 0 Å². The summed E-state index contributed by atoms with van der Waals surface area (Å²) in [5.74, 6) is 1.44. The van der Waals surface area contributed by atoms with Crippen molar-refractivity contribution < 1.29 is 19.0 Å². The fourth-order valence-corrected chi connectivity index (χ4v) is 3.93. The smallest absolute Gasteiger partial charge is 0.257 e. The van der Waals surface area contributed by atoms with Crippen molar-refractivity contribution in [3.63, 3.8) is 0 Å². The Hall–Kier alpha value is -3.85. The summed E-state index contributed by atoms with van der Waals surface area (Å²) in [5.41, 5.74) is 10.3. The third kappa shape index (κ3) is 4.03. The molecule has 9 nitrogen and oxygen atoms in total. The lowest BCUT2D eigenvalue weighted by Gasteiger charge is -2.09. The number of nitrogens with one attached hydrogen (secondary N) is 1. The van der Waals surface area contributed by atoms with Gasteiger partial charge >= 0.3 is 0 Å². The van der Waals surface area contributed by atoms with Gasteiger partial charge in [0.15, 0.2) is 17.1 Å². The first-order valence-electron chi connectivity index (χ1n) is 10.9. The van der Waals surface area contributed by atoms with Gasteiger partial charge in [-0.25, -0.2) is 9.97 Å². The molecule has 2 aromatic carbocycles. The van der Waals surface area contributed by atoms with E-state index in [-0.39, 0.29) is 12.7 Å². The lowest BCUT2D eigenvalue weighted by atomic mass is 10.2. The van der Waals surface area contributed by atoms with Crippen molar-refractivity contribution in [2.45, 2.75) is 19.9 Å². The molecule has 4 aromatic rings. The van der Waals surface area contributed by atoms with Crippen molar-refractivity contribution in [1.29, 1.82) is 0 Å². The summed E-state index contributed by atoms with van der Waals surface area (Å²) in [4.78, 5) is 22.7. The fraction of sp³-hybridized carbons (Fsp3) is 0.292. The Bertz CT molecular complexity index is 1330. The number of nitrogen functional groups attached to an aromatic ring is 1. The highest BCUT2D eigenvalue weighted by molar-refractivity contribution is 6.10. The molecule has 0 radical (unpaired) electrons. The Morgan fingerprint density at radius 3 is 2.76 bits per heavy atom. The van der Waals surface area contributed by atoms with Gasteiger partial charge in [-0.3, -0.25) is 4.79 Å². The molecule has 1 aliphatic rings. The predicted molar refractivity (Wildman–Crippen MR) is 125 cm³/mol. The van der Waals surface area contributed by atoms with Crippen molar-refractivity contribution in [2.24, 2.45) is 0 Å². The number of aromatic nitrogens is 3. The third-order valence-corrected chi connectivity index (χ3v) is 5.55. The van der Waals surface area contributed by atoms with Crippen LogP contribution in [0.5, 0.6) is 11.5 Å². The number of anilines is 1. The van der Waals surface area contributed by atoms with E-state index >= 15 is 0 Å². The number of fused-ring (bicyclic) bond motifs is 3. The highest BCUT2D eigenvalue weighted by atomic mass is 16.7. The molecule has 33 heavy (non-hydrogen) atoms. The van der Waals surface area contributed by atoms with Crippen LogP contribution in [0.25, 0.3) is 22.2 Å². The van der Waals surface area contributed by atoms with Crippen molar-refractivity contribution in [3.8, 4) is 11.5 Å². The zero-order valence-electron chi connectivity index (χ0n) is 18.3. The lowest BCUT2D eigenvalue weighted by molar-refractivity contribution is 0.0946. The predicted octanol–water partition coefficient (Wildman–Crippen LogP) is 3.10. The SMILES string of the molecule is CCOCCCNC(=O)c1c(N)n(Cc2ccc3c(c2)OCO3)c2nc3ccccc3nc12. The highest BCUT2D eigenvalue weighted by Crippen LogP contribution is 2.34. The van der Waals surface area contributed by atoms with Gasteiger partial charge in [-0.05, 0) is 43.2 Å². The van der Waals surface area contributed by atoms with E-state index in [2.05, 4.69) is 5.32 Å². The molecule has 0 fully saturated rings. The van der Waals surface area contributed by atoms with Gasteiger partial charge in [0, 0.05) is 19.8 Å². The van der Waals surface area contributed by atoms with Crippen LogP contribution >= 0.6 is 0 Å². The van der Waals surface area contributed by atoms with Gasteiger partial charge < -0.3 is 29.8 Å². The Labute approximate surface area is 190 Å². The Morgan fingerprint density at radius 1 is 1.15 bits per heavy atom. The number of carbonyl (C=O) groups excluding carboxylic acids is 1. The van der Waals surface area contributed by atoms with Gasteiger partial charge in [-0.15, -0.1) is 0 Å². The number of ether oxygens (including phenoxy) is 3. The van der Waals surface area contributed by atoms with E-state index in [1.54, 1.807) is 0 Å². The van der Waals surface area contributed by atoms with Crippen LogP contribution in [-0.2, 0) is 11.3 Å². The second-order valence-corrected chi connectivity index (χ2v) is 7.72. The van der Waals surface area contributed by atoms with Gasteiger partial charge in [0.1, 0.15) is 16.9 Å². The third-order valence-electron chi connectivity index (χ3n) is 5.55. The highest BCUT2D eigenvalue weighted by Gasteiger charge is 2.24. The summed E-state index contributed by atoms with van der Waals surface area (Å²) in [6, 6.07) is 13.3. The summed E-state index contributed by atoms with van der Waals surface area (Å²) in [7, 11) is 0. The first kappa shape index (κ1) is 21.0. The molecule has 1 aliphatic heterocycles. The van der Waals surface area contributed by atoms with Crippen LogP contribution in [-0.4, -0.2) is 47.0 Å². The van der Waals surface area contributed by atoms with Crippen molar-refractivity contribution in [1.82, 2.24) is 19.9 Å². The van der Waals surface area contributed by atoms with Gasteiger partial charge in [0.2, 0.25) is 6.79 Å². The topological polar surface area (TPSA) is 114 Å². The van der Waals surface area contributed by atoms with Crippen LogP contribution in [0, 0.1) is 0 Å². The zero-order chi connectivity index (χ0) is 22.8. The number of rotatable bonds is 8. The molecule has 2 aromatic heterocycles. The summed E-state index contributed by atoms with van der Waals surface area (Å²) in [6.07, 6.45) is 0.712. The van der Waals surface area contributed by atoms with Crippen molar-refractivity contribution in [2.75, 3.05) is 32.3 Å². The fourth-order valence-electron chi connectivity index (χ4n) is 3.93. The van der Waals surface area contributed by atoms with Gasteiger partial charge in [0.05, 0.1) is 17.6 Å². The molecule has 5 rings (SSSR count). The molecule has 0 unspecified atom stereocenters. The van der Waals surface area contributed by atoms with Gasteiger partial charge in [0.25, 0.3) is 5.91 Å². The second kappa shape index (κ2) is 8.95. The summed E-state index contributed by atoms with van der Waals surface area (Å²) >= 11 is 0. The van der Waals surface area contributed by atoms with Crippen LogP contribution in [0.1, 0.15) is 29.3 Å². The standard InChI is InChI=1S/C24H25N5O4/c1-2-31-11-5-10-26-24(30)20-21-23(28-17-7-4-3-6-16(17)27-21)29(22(20)25)13-15-8-9-18-19(12-15)33-14-32-18/h3-4,6-9,12H,2,5,10-11,13-14,25H2,1H3,(H,26,30). The molecule has 0 spiro atoms. The van der Waals surface area contributed by atoms with Crippen LogP contribution < -0.4 is 20.5 Å². The van der Waals surface area contributed by atoms with Gasteiger partial charge in [-0.1, -0.05) is 18.2 Å². The Kier molecular flexibility index (Phi) is 5.70. The number of hydrogen-bond acceptors (Lipinski definition) is 7. The van der Waals surface area contributed by atoms with E-state index in [9.17, 15) is 4.79 Å². The second-order valence-electron chi connectivity index (χ2n) is 7.72. The lowest BCUT2D eigenvalue weighted by Crippen LogP contribution is -2.26. The average molecular weight is 447 g/mol. The van der Waals surface area contributed by atoms with Crippen LogP contribution in [0.2, 0.25) is 0 Å². The molecular formula is C24H25N5O4. The van der Waals surface area contributed by atoms with Crippen LogP contribution in [0.15, 0.2) is 42.5 Å². The number of para-hydroxylation sites is 2. The van der Waals surface area contributed by atoms with Crippen molar-refractivity contribution in [3.05, 3.63) is 53.6 Å². The molecule has 0 saturated carbocycles. The Balaban J connectivity index is 1.54. The first-order chi connectivity index (χ1) is 16.2. The van der Waals surface area contributed by atoms with Crippen LogP contribution in [0.4, 0.5) is 5.82 Å². The molecule has 0 aliphatic carbocycles. The number of amides is 1. The van der Waals surface area contributed by atoms with Crippen molar-refractivity contribution >= 4 is 33.9 Å². The number of nitrogens with zero attached hydrogens (tertiary/aromatic N) is 3. The Morgan fingerprint density at radius 2 is 1.94 bits per heavy atom. The van der Waals surface area contributed by atoms with E-state index in [0.717, 1.165) is 11.1 Å². The molecular weight excluding hydrogens is 422 g/mol.